The van der Waals surface area contributed by atoms with E-state index in [9.17, 15) is 0 Å². The number of hydrogen-bond donors (Lipinski definition) is 1. The molecule has 2 nitrogen and oxygen atoms in total. The molecule has 0 aliphatic rings. The van der Waals surface area contributed by atoms with Crippen molar-refractivity contribution >= 4 is 20.7 Å². The molecule has 0 saturated heterocycles. The maximum absolute atomic E-state index is 6.94. The Morgan fingerprint density at radius 3 is 1.89 bits per heavy atom. The van der Waals surface area contributed by atoms with Crippen molar-refractivity contribution < 1.29 is 4.43 Å². The first kappa shape index (κ1) is 18.7. The van der Waals surface area contributed by atoms with Gasteiger partial charge in [0.25, 0.3) is 0 Å². The molecule has 0 spiro atoms. The van der Waals surface area contributed by atoms with E-state index in [1.165, 1.54) is 5.39 Å². The van der Waals surface area contributed by atoms with Gasteiger partial charge in [-0.3, -0.25) is 0 Å². The summed E-state index contributed by atoms with van der Waals surface area (Å²) in [6.45, 7) is 6.67. The Morgan fingerprint density at radius 2 is 1.32 bits per heavy atom. The second-order valence-electron chi connectivity index (χ2n) is 8.11. The molecule has 0 unspecified atom stereocenters. The summed E-state index contributed by atoms with van der Waals surface area (Å²) >= 11 is 0. The van der Waals surface area contributed by atoms with Crippen molar-refractivity contribution in [1.29, 1.82) is 0 Å². The van der Waals surface area contributed by atoms with E-state index in [1.54, 1.807) is 0 Å². The standard InChI is InChI=1S/C25H25NOSi/c1-24(2,3)28-27-25(20-12-6-4-7-13-20,21-14-8-5-9-15-21)22-16-10-11-19-17-18-26-23(19)22/h4-18,26H,1-3H3. The van der Waals surface area contributed by atoms with Gasteiger partial charge in [0, 0.05) is 11.8 Å². The van der Waals surface area contributed by atoms with Gasteiger partial charge in [0.05, 0.1) is 5.52 Å². The van der Waals surface area contributed by atoms with Crippen LogP contribution in [0, 0.1) is 0 Å². The van der Waals surface area contributed by atoms with Crippen LogP contribution >= 0.6 is 0 Å². The zero-order valence-electron chi connectivity index (χ0n) is 16.6. The summed E-state index contributed by atoms with van der Waals surface area (Å²) < 4.78 is 6.94. The Kier molecular flexibility index (Phi) is 4.96. The number of benzene rings is 3. The third kappa shape index (κ3) is 3.43. The van der Waals surface area contributed by atoms with Crippen molar-refractivity contribution in [2.45, 2.75) is 31.4 Å². The number of aromatic nitrogens is 1. The number of hydrogen-bond acceptors (Lipinski definition) is 1. The fraction of sp³-hybridized carbons (Fsp3) is 0.200. The summed E-state index contributed by atoms with van der Waals surface area (Å²) in [5.74, 6) is 0. The summed E-state index contributed by atoms with van der Waals surface area (Å²) in [5, 5.41) is 1.26. The molecule has 1 aromatic heterocycles. The molecular weight excluding hydrogens is 358 g/mol. The maximum Gasteiger partial charge on any atom is 0.237 e. The number of nitrogens with one attached hydrogen (secondary N) is 1. The molecule has 0 aliphatic heterocycles. The zero-order chi connectivity index (χ0) is 19.6. The van der Waals surface area contributed by atoms with E-state index in [1.807, 2.05) is 6.20 Å². The average molecular weight is 384 g/mol. The number of para-hydroxylation sites is 1. The topological polar surface area (TPSA) is 25.0 Å². The van der Waals surface area contributed by atoms with Crippen LogP contribution in [0.15, 0.2) is 91.1 Å². The molecule has 0 atom stereocenters. The van der Waals surface area contributed by atoms with E-state index in [4.69, 9.17) is 4.43 Å². The highest BCUT2D eigenvalue weighted by Gasteiger charge is 2.40. The van der Waals surface area contributed by atoms with Crippen LogP contribution in [0.2, 0.25) is 5.04 Å². The molecule has 0 saturated carbocycles. The number of H-pyrrole nitrogens is 1. The molecule has 3 aromatic carbocycles. The Labute approximate surface area is 169 Å². The van der Waals surface area contributed by atoms with Crippen molar-refractivity contribution in [1.82, 2.24) is 4.98 Å². The molecule has 4 rings (SSSR count). The molecule has 4 aromatic rings. The minimum atomic E-state index is -0.682. The van der Waals surface area contributed by atoms with E-state index < -0.39 is 5.60 Å². The molecule has 1 N–H and O–H groups in total. The summed E-state index contributed by atoms with van der Waals surface area (Å²) in [7, 11) is 0.336. The largest absolute Gasteiger partial charge is 0.400 e. The molecule has 0 fully saturated rings. The van der Waals surface area contributed by atoms with Gasteiger partial charge in [0.2, 0.25) is 9.76 Å². The first-order chi connectivity index (χ1) is 13.5. The third-order valence-electron chi connectivity index (χ3n) is 4.84. The fourth-order valence-corrected chi connectivity index (χ4v) is 4.41. The lowest BCUT2D eigenvalue weighted by Crippen LogP contribution is -2.36. The van der Waals surface area contributed by atoms with Crippen molar-refractivity contribution in [2.75, 3.05) is 0 Å². The lowest BCUT2D eigenvalue weighted by Gasteiger charge is -2.38. The summed E-state index contributed by atoms with van der Waals surface area (Å²) in [6.07, 6.45) is 2.00. The third-order valence-corrected chi connectivity index (χ3v) is 5.86. The van der Waals surface area contributed by atoms with E-state index in [0.717, 1.165) is 22.2 Å². The molecule has 1 heterocycles. The normalized spacial score (nSPS) is 12.4. The smallest absolute Gasteiger partial charge is 0.237 e. The first-order valence-corrected chi connectivity index (χ1v) is 10.5. The predicted molar refractivity (Wildman–Crippen MR) is 118 cm³/mol. The second-order valence-corrected chi connectivity index (χ2v) is 10.0. The lowest BCUT2D eigenvalue weighted by atomic mass is 9.79. The van der Waals surface area contributed by atoms with Gasteiger partial charge in [-0.15, -0.1) is 0 Å². The summed E-state index contributed by atoms with van der Waals surface area (Å²) in [5.41, 5.74) is 3.86. The molecule has 0 aliphatic carbocycles. The number of fused-ring (bicyclic) bond motifs is 1. The Balaban J connectivity index is 2.04. The van der Waals surface area contributed by atoms with Gasteiger partial charge < -0.3 is 9.41 Å². The molecule has 3 heteroatoms. The van der Waals surface area contributed by atoms with Crippen molar-refractivity contribution in [3.05, 3.63) is 108 Å². The molecule has 2 radical (unpaired) electrons. The van der Waals surface area contributed by atoms with Gasteiger partial charge in [-0.25, -0.2) is 0 Å². The second kappa shape index (κ2) is 7.42. The van der Waals surface area contributed by atoms with E-state index in [-0.39, 0.29) is 5.04 Å². The van der Waals surface area contributed by atoms with Crippen LogP contribution < -0.4 is 0 Å². The summed E-state index contributed by atoms with van der Waals surface area (Å²) in [4.78, 5) is 3.45. The SMILES string of the molecule is CC(C)(C)[Si]OC(c1ccccc1)(c1ccccc1)c1cccc2cc[nH]c12. The highest BCUT2D eigenvalue weighted by atomic mass is 28.2. The van der Waals surface area contributed by atoms with Crippen LogP contribution in [0.3, 0.4) is 0 Å². The zero-order valence-corrected chi connectivity index (χ0v) is 17.6. The van der Waals surface area contributed by atoms with Crippen molar-refractivity contribution in [3.63, 3.8) is 0 Å². The van der Waals surface area contributed by atoms with Gasteiger partial charge >= 0.3 is 0 Å². The average Bonchev–Trinajstić information content (AvgIpc) is 3.19. The van der Waals surface area contributed by atoms with Crippen LogP contribution in [0.25, 0.3) is 10.9 Å². The summed E-state index contributed by atoms with van der Waals surface area (Å²) in [6, 6.07) is 29.7. The van der Waals surface area contributed by atoms with E-state index >= 15 is 0 Å². The monoisotopic (exact) mass is 383 g/mol. The van der Waals surface area contributed by atoms with Crippen LogP contribution in [0.5, 0.6) is 0 Å². The van der Waals surface area contributed by atoms with E-state index in [2.05, 4.69) is 111 Å². The highest BCUT2D eigenvalue weighted by Crippen LogP contribution is 2.44. The lowest BCUT2D eigenvalue weighted by molar-refractivity contribution is 0.158. The highest BCUT2D eigenvalue weighted by molar-refractivity contribution is 6.32. The Hall–Kier alpha value is -2.62. The Bertz CT molecular complexity index is 1010. The van der Waals surface area contributed by atoms with Gasteiger partial charge in [0.15, 0.2) is 0 Å². The minimum absolute atomic E-state index is 0.0679. The fourth-order valence-electron chi connectivity index (χ4n) is 3.60. The minimum Gasteiger partial charge on any atom is -0.400 e. The van der Waals surface area contributed by atoms with Crippen molar-refractivity contribution in [2.24, 2.45) is 0 Å². The molecule has 0 bridgehead atoms. The van der Waals surface area contributed by atoms with Gasteiger partial charge in [-0.05, 0) is 27.6 Å². The number of aromatic amines is 1. The molecule has 140 valence electrons. The van der Waals surface area contributed by atoms with Crippen molar-refractivity contribution in [3.8, 4) is 0 Å². The van der Waals surface area contributed by atoms with Gasteiger partial charge in [-0.1, -0.05) is 99.6 Å². The first-order valence-electron chi connectivity index (χ1n) is 9.63. The van der Waals surface area contributed by atoms with Crippen LogP contribution in [-0.2, 0) is 10.0 Å². The molecule has 28 heavy (non-hydrogen) atoms. The Morgan fingerprint density at radius 1 is 0.714 bits per heavy atom. The molecular formula is C25H25NOSi. The van der Waals surface area contributed by atoms with Gasteiger partial charge in [0.1, 0.15) is 5.60 Å². The number of rotatable bonds is 5. The quantitative estimate of drug-likeness (QED) is 0.317. The van der Waals surface area contributed by atoms with Gasteiger partial charge in [-0.2, -0.15) is 0 Å². The van der Waals surface area contributed by atoms with Crippen LogP contribution in [0.1, 0.15) is 37.5 Å². The van der Waals surface area contributed by atoms with E-state index in [0.29, 0.717) is 9.76 Å². The maximum atomic E-state index is 6.94. The van der Waals surface area contributed by atoms with Crippen LogP contribution in [-0.4, -0.2) is 14.7 Å². The van der Waals surface area contributed by atoms with Crippen LogP contribution in [0.4, 0.5) is 0 Å². The predicted octanol–water partition coefficient (Wildman–Crippen LogP) is 6.31. The molecule has 0 amide bonds.